The number of hydrogen-bond donors (Lipinski definition) is 2. The van der Waals surface area contributed by atoms with Crippen LogP contribution in [0.3, 0.4) is 0 Å². The van der Waals surface area contributed by atoms with Gasteiger partial charge in [0.15, 0.2) is 5.60 Å². The number of amides is 2. The van der Waals surface area contributed by atoms with E-state index in [0.717, 1.165) is 45.2 Å². The number of ether oxygens (including phenoxy) is 2. The van der Waals surface area contributed by atoms with Crippen LogP contribution in [0.1, 0.15) is 41.4 Å². The van der Waals surface area contributed by atoms with E-state index >= 15 is 0 Å². The number of primary amides is 1. The zero-order valence-corrected chi connectivity index (χ0v) is 18.6. The molecule has 1 aromatic heterocycles. The van der Waals surface area contributed by atoms with Gasteiger partial charge in [0.05, 0.1) is 0 Å². The lowest BCUT2D eigenvalue weighted by Gasteiger charge is -2.32. The summed E-state index contributed by atoms with van der Waals surface area (Å²) in [5, 5.41) is 2.33. The molecule has 0 aliphatic carbocycles. The molecule has 0 bridgehead atoms. The van der Waals surface area contributed by atoms with Crippen molar-refractivity contribution in [3.05, 3.63) is 53.1 Å². The number of rotatable bonds is 6. The number of carbonyl (C=O) groups excluding carboxylic acids is 2. The first-order chi connectivity index (χ1) is 16.2. The minimum Gasteiger partial charge on any atom is -0.434 e. The molecule has 1 aliphatic heterocycles. The number of pyridine rings is 1. The van der Waals surface area contributed by atoms with Crippen LogP contribution >= 0.6 is 0 Å². The van der Waals surface area contributed by atoms with Gasteiger partial charge in [-0.25, -0.2) is 4.39 Å². The van der Waals surface area contributed by atoms with Crippen molar-refractivity contribution in [3.63, 3.8) is 0 Å². The van der Waals surface area contributed by atoms with Crippen molar-refractivity contribution in [3.8, 4) is 5.75 Å². The third-order valence-corrected chi connectivity index (χ3v) is 6.14. The van der Waals surface area contributed by atoms with Gasteiger partial charge in [-0.05, 0) is 32.0 Å². The van der Waals surface area contributed by atoms with Crippen LogP contribution in [0.25, 0.3) is 0 Å². The van der Waals surface area contributed by atoms with Gasteiger partial charge in [-0.1, -0.05) is 13.0 Å². The monoisotopic (exact) mass is 505 g/mol. The van der Waals surface area contributed by atoms with Crippen LogP contribution in [0.5, 0.6) is 5.75 Å². The molecule has 0 spiro atoms. The Bertz CT molecular complexity index is 1140. The standard InChI is InChI=1S/C22H21F6N3O4/c1-9-13(23)5-4-12(16(9)34-20(24)25)15-10(2)21(3,22(26,27)28)35-17(15)19(33)31-11-6-7-30-14(8-11)18(29)32/h4-8,10,15,17,20H,1-3H3,(H2,29,32)(H,30,31,33)/t10-,15+,17-,21+/m1/s1. The second-order valence-electron chi connectivity index (χ2n) is 8.21. The molecule has 7 nitrogen and oxygen atoms in total. The molecule has 2 aromatic rings. The number of carbonyl (C=O) groups is 2. The van der Waals surface area contributed by atoms with E-state index in [4.69, 9.17) is 10.5 Å². The molecule has 2 amide bonds. The van der Waals surface area contributed by atoms with Crippen molar-refractivity contribution in [2.45, 2.75) is 51.2 Å². The highest BCUT2D eigenvalue weighted by Gasteiger charge is 2.65. The van der Waals surface area contributed by atoms with E-state index in [2.05, 4.69) is 15.0 Å². The quantitative estimate of drug-likeness (QED) is 0.570. The second kappa shape index (κ2) is 9.36. The predicted octanol–water partition coefficient (Wildman–Crippen LogP) is 4.31. The molecule has 0 radical (unpaired) electrons. The van der Waals surface area contributed by atoms with Crippen LogP contribution in [0.15, 0.2) is 30.5 Å². The molecule has 1 aromatic carbocycles. The summed E-state index contributed by atoms with van der Waals surface area (Å²) in [6.07, 6.45) is -5.66. The fourth-order valence-electron chi connectivity index (χ4n) is 4.08. The lowest BCUT2D eigenvalue weighted by Crippen LogP contribution is -2.47. The van der Waals surface area contributed by atoms with Crippen molar-refractivity contribution >= 4 is 17.5 Å². The number of aromatic nitrogens is 1. The van der Waals surface area contributed by atoms with Gasteiger partial charge in [0.25, 0.3) is 11.8 Å². The zero-order valence-electron chi connectivity index (χ0n) is 18.6. The number of anilines is 1. The van der Waals surface area contributed by atoms with Gasteiger partial charge < -0.3 is 20.5 Å². The third kappa shape index (κ3) is 4.90. The van der Waals surface area contributed by atoms with Crippen molar-refractivity contribution in [1.82, 2.24) is 4.98 Å². The molecule has 0 saturated carbocycles. The van der Waals surface area contributed by atoms with Gasteiger partial charge in [-0.3, -0.25) is 14.6 Å². The highest BCUT2D eigenvalue weighted by molar-refractivity contribution is 5.97. The molecule has 1 aliphatic rings. The van der Waals surface area contributed by atoms with Gasteiger partial charge in [0, 0.05) is 34.8 Å². The molecule has 0 unspecified atom stereocenters. The van der Waals surface area contributed by atoms with Gasteiger partial charge in [-0.15, -0.1) is 0 Å². The first-order valence-corrected chi connectivity index (χ1v) is 10.2. The van der Waals surface area contributed by atoms with Gasteiger partial charge in [-0.2, -0.15) is 22.0 Å². The summed E-state index contributed by atoms with van der Waals surface area (Å²) < 4.78 is 92.1. The normalized spacial score (nSPS) is 24.5. The molecular weight excluding hydrogens is 484 g/mol. The maximum atomic E-state index is 14.1. The molecule has 4 atom stereocenters. The van der Waals surface area contributed by atoms with Crippen LogP contribution < -0.4 is 15.8 Å². The fourth-order valence-corrected chi connectivity index (χ4v) is 4.08. The smallest absolute Gasteiger partial charge is 0.417 e. The average molecular weight is 505 g/mol. The average Bonchev–Trinajstić information content (AvgIpc) is 3.04. The molecule has 35 heavy (non-hydrogen) atoms. The summed E-state index contributed by atoms with van der Waals surface area (Å²) in [7, 11) is 0. The Kier molecular flexibility index (Phi) is 7.02. The number of hydrogen-bond acceptors (Lipinski definition) is 5. The maximum Gasteiger partial charge on any atom is 0.417 e. The van der Waals surface area contributed by atoms with E-state index in [0.29, 0.717) is 0 Å². The Labute approximate surface area is 195 Å². The highest BCUT2D eigenvalue weighted by atomic mass is 19.4. The topological polar surface area (TPSA) is 104 Å². The maximum absolute atomic E-state index is 14.1. The Morgan fingerprint density at radius 1 is 1.26 bits per heavy atom. The van der Waals surface area contributed by atoms with Crippen molar-refractivity contribution in [1.29, 1.82) is 0 Å². The lowest BCUT2D eigenvalue weighted by molar-refractivity contribution is -0.272. The minimum atomic E-state index is -4.95. The number of nitrogens with one attached hydrogen (secondary N) is 1. The van der Waals surface area contributed by atoms with E-state index in [1.165, 1.54) is 6.07 Å². The Morgan fingerprint density at radius 2 is 1.91 bits per heavy atom. The van der Waals surface area contributed by atoms with E-state index in [1.54, 1.807) is 0 Å². The SMILES string of the molecule is Cc1c(F)ccc([C@@H]2[C@@H](C)[C@@](C)(C(F)(F)F)O[C@H]2C(=O)Nc2ccnc(C(N)=O)c2)c1OC(F)F. The van der Waals surface area contributed by atoms with Crippen molar-refractivity contribution in [2.24, 2.45) is 11.7 Å². The van der Waals surface area contributed by atoms with E-state index in [9.17, 15) is 35.9 Å². The molecule has 2 heterocycles. The summed E-state index contributed by atoms with van der Waals surface area (Å²) in [6, 6.07) is 4.23. The molecule has 13 heteroatoms. The Morgan fingerprint density at radius 3 is 2.49 bits per heavy atom. The van der Waals surface area contributed by atoms with Gasteiger partial charge in [0.1, 0.15) is 23.4 Å². The van der Waals surface area contributed by atoms with Crippen LogP contribution in [-0.4, -0.2) is 41.3 Å². The summed E-state index contributed by atoms with van der Waals surface area (Å²) in [4.78, 5) is 28.2. The van der Waals surface area contributed by atoms with Gasteiger partial charge >= 0.3 is 12.8 Å². The molecule has 190 valence electrons. The lowest BCUT2D eigenvalue weighted by atomic mass is 9.76. The summed E-state index contributed by atoms with van der Waals surface area (Å²) >= 11 is 0. The third-order valence-electron chi connectivity index (χ3n) is 6.14. The summed E-state index contributed by atoms with van der Waals surface area (Å²) in [5.41, 5.74) is 1.43. The largest absolute Gasteiger partial charge is 0.434 e. The first-order valence-electron chi connectivity index (χ1n) is 10.2. The highest BCUT2D eigenvalue weighted by Crippen LogP contribution is 2.55. The molecule has 3 rings (SSSR count). The number of alkyl halides is 5. The molecule has 1 saturated heterocycles. The van der Waals surface area contributed by atoms with Crippen molar-refractivity contribution in [2.75, 3.05) is 5.32 Å². The Balaban J connectivity index is 2.10. The van der Waals surface area contributed by atoms with E-state index in [-0.39, 0.29) is 22.5 Å². The predicted molar refractivity (Wildman–Crippen MR) is 110 cm³/mol. The first kappa shape index (κ1) is 26.3. The fraction of sp³-hybridized carbons (Fsp3) is 0.409. The molecule has 3 N–H and O–H groups in total. The van der Waals surface area contributed by atoms with Crippen molar-refractivity contribution < 1.29 is 45.4 Å². The van der Waals surface area contributed by atoms with Crippen LogP contribution in [0.4, 0.5) is 32.0 Å². The zero-order chi connectivity index (χ0) is 26.3. The number of halogens is 6. The second-order valence-corrected chi connectivity index (χ2v) is 8.21. The van der Waals surface area contributed by atoms with Gasteiger partial charge in [0.2, 0.25) is 0 Å². The Hall–Kier alpha value is -3.35. The van der Waals surface area contributed by atoms with Crippen LogP contribution in [-0.2, 0) is 9.53 Å². The van der Waals surface area contributed by atoms with Crippen LogP contribution in [0, 0.1) is 18.7 Å². The van der Waals surface area contributed by atoms with E-state index in [1.807, 2.05) is 0 Å². The minimum absolute atomic E-state index is 0.0197. The summed E-state index contributed by atoms with van der Waals surface area (Å²) in [6.45, 7) is -0.401. The number of benzene rings is 1. The number of nitrogens with zero attached hydrogens (tertiary/aromatic N) is 1. The summed E-state index contributed by atoms with van der Waals surface area (Å²) in [5.74, 6) is -6.53. The molecular formula is C22H21F6N3O4. The van der Waals surface area contributed by atoms with E-state index < -0.39 is 59.7 Å². The number of nitrogens with two attached hydrogens (primary N) is 1. The molecule has 1 fully saturated rings. The van der Waals surface area contributed by atoms with Crippen LogP contribution in [0.2, 0.25) is 0 Å².